The van der Waals surface area contributed by atoms with Crippen LogP contribution in [-0.2, 0) is 11.2 Å². The summed E-state index contributed by atoms with van der Waals surface area (Å²) in [6.45, 7) is 6.06. The molecule has 6 heteroatoms. The van der Waals surface area contributed by atoms with Crippen LogP contribution in [0.3, 0.4) is 0 Å². The lowest BCUT2D eigenvalue weighted by molar-refractivity contribution is -0.126. The number of aliphatic hydroxyl groups is 1. The smallest absolute Gasteiger partial charge is 0.231 e. The highest BCUT2D eigenvalue weighted by Crippen LogP contribution is 2.66. The Kier molecular flexibility index (Phi) is 6.13. The van der Waals surface area contributed by atoms with E-state index < -0.39 is 0 Å². The fourth-order valence-corrected chi connectivity index (χ4v) is 10.3. The highest BCUT2D eigenvalue weighted by atomic mass is 16.7. The molecule has 39 heavy (non-hydrogen) atoms. The predicted molar refractivity (Wildman–Crippen MR) is 149 cm³/mol. The Morgan fingerprint density at radius 1 is 1.15 bits per heavy atom. The zero-order valence-corrected chi connectivity index (χ0v) is 24.1. The number of carbonyl (C=O) groups is 1. The first kappa shape index (κ1) is 25.9. The molecule has 0 bridgehead atoms. The summed E-state index contributed by atoms with van der Waals surface area (Å²) in [5.41, 5.74) is 3.73. The van der Waals surface area contributed by atoms with E-state index in [0.717, 1.165) is 73.6 Å². The van der Waals surface area contributed by atoms with Gasteiger partial charge in [-0.15, -0.1) is 0 Å². The van der Waals surface area contributed by atoms with Crippen LogP contribution in [-0.4, -0.2) is 49.4 Å². The van der Waals surface area contributed by atoms with Gasteiger partial charge in [-0.2, -0.15) is 0 Å². The summed E-state index contributed by atoms with van der Waals surface area (Å²) in [7, 11) is 3.82. The summed E-state index contributed by atoms with van der Waals surface area (Å²) in [5, 5.41) is 10.4. The minimum Gasteiger partial charge on any atom is -0.492 e. The van der Waals surface area contributed by atoms with Crippen molar-refractivity contribution in [1.29, 1.82) is 0 Å². The summed E-state index contributed by atoms with van der Waals surface area (Å²) in [5.74, 6) is 5.12. The van der Waals surface area contributed by atoms with E-state index in [4.69, 9.17) is 14.2 Å². The number of carbonyl (C=O) groups excluding carboxylic acids is 1. The molecule has 6 nitrogen and oxygen atoms in total. The summed E-state index contributed by atoms with van der Waals surface area (Å²) >= 11 is 0. The van der Waals surface area contributed by atoms with E-state index in [9.17, 15) is 9.90 Å². The lowest BCUT2D eigenvalue weighted by Gasteiger charge is -2.60. The number of likely N-dealkylation sites (N-methyl/N-ethyl adjacent to an activating group) is 1. The number of Topliss-reactive ketones (excluding diaryl/α,β-unsaturated/α-hetero) is 1. The van der Waals surface area contributed by atoms with E-state index in [1.54, 1.807) is 7.11 Å². The van der Waals surface area contributed by atoms with Crippen molar-refractivity contribution < 1.29 is 24.1 Å². The van der Waals surface area contributed by atoms with Crippen molar-refractivity contribution >= 4 is 5.78 Å². The molecule has 4 aliphatic carbocycles. The van der Waals surface area contributed by atoms with Gasteiger partial charge >= 0.3 is 0 Å². The second-order valence-electron chi connectivity index (χ2n) is 14.0. The van der Waals surface area contributed by atoms with E-state index in [-0.39, 0.29) is 24.4 Å². The lowest BCUT2D eigenvalue weighted by atomic mass is 9.44. The van der Waals surface area contributed by atoms with Crippen molar-refractivity contribution in [1.82, 2.24) is 4.90 Å². The molecule has 0 saturated heterocycles. The number of ketones is 1. The molecule has 0 aromatic heterocycles. The maximum absolute atomic E-state index is 14.2. The summed E-state index contributed by atoms with van der Waals surface area (Å²) in [4.78, 5) is 16.5. The number of fused-ring (bicyclic) bond motifs is 7. The van der Waals surface area contributed by atoms with E-state index in [2.05, 4.69) is 37.9 Å². The number of benzene rings is 1. The Labute approximate surface area is 233 Å². The Morgan fingerprint density at radius 3 is 2.82 bits per heavy atom. The van der Waals surface area contributed by atoms with Gasteiger partial charge in [-0.3, -0.25) is 9.69 Å². The van der Waals surface area contributed by atoms with Crippen molar-refractivity contribution in [3.8, 4) is 17.2 Å². The average molecular weight is 536 g/mol. The van der Waals surface area contributed by atoms with Gasteiger partial charge in [-0.25, -0.2) is 0 Å². The van der Waals surface area contributed by atoms with Crippen LogP contribution in [0.5, 0.6) is 17.2 Å². The van der Waals surface area contributed by atoms with Crippen molar-refractivity contribution in [3.63, 3.8) is 0 Å². The Bertz CT molecular complexity index is 1210. The third kappa shape index (κ3) is 3.76. The van der Waals surface area contributed by atoms with Gasteiger partial charge in [0.2, 0.25) is 12.5 Å². The first-order valence-corrected chi connectivity index (χ1v) is 15.4. The fraction of sp³-hybridized carbons (Fsp3) is 0.727. The fourth-order valence-electron chi connectivity index (χ4n) is 10.3. The lowest BCUT2D eigenvalue weighted by Crippen LogP contribution is -2.53. The van der Waals surface area contributed by atoms with Gasteiger partial charge in [0, 0.05) is 24.6 Å². The number of ether oxygens (including phenoxy) is 3. The zero-order chi connectivity index (χ0) is 27.1. The summed E-state index contributed by atoms with van der Waals surface area (Å²) < 4.78 is 17.4. The van der Waals surface area contributed by atoms with E-state index in [1.165, 1.54) is 24.8 Å². The molecule has 0 radical (unpaired) electrons. The molecule has 3 saturated carbocycles. The molecule has 0 unspecified atom stereocenters. The van der Waals surface area contributed by atoms with E-state index in [0.29, 0.717) is 41.1 Å². The molecular weight excluding hydrogens is 490 g/mol. The van der Waals surface area contributed by atoms with Gasteiger partial charge in [-0.05, 0) is 117 Å². The number of hydrogen-bond acceptors (Lipinski definition) is 6. The molecule has 2 aliphatic heterocycles. The summed E-state index contributed by atoms with van der Waals surface area (Å²) in [6.07, 6.45) is 12.6. The maximum atomic E-state index is 14.2. The van der Waals surface area contributed by atoms with E-state index >= 15 is 0 Å². The number of aliphatic hydroxyl groups excluding tert-OH is 1. The van der Waals surface area contributed by atoms with Crippen LogP contribution in [0.2, 0.25) is 0 Å². The Morgan fingerprint density at radius 2 is 2.00 bits per heavy atom. The number of hydrogen-bond donors (Lipinski definition) is 1. The van der Waals surface area contributed by atoms with Crippen molar-refractivity contribution in [2.24, 2.45) is 34.5 Å². The minimum atomic E-state index is -0.104. The largest absolute Gasteiger partial charge is 0.492 e. The van der Waals surface area contributed by atoms with Crippen LogP contribution in [0.4, 0.5) is 0 Å². The molecule has 0 amide bonds. The quantitative estimate of drug-likeness (QED) is 0.522. The van der Waals surface area contributed by atoms with Crippen LogP contribution in [0, 0.1) is 34.5 Å². The van der Waals surface area contributed by atoms with E-state index in [1.807, 2.05) is 0 Å². The molecule has 2 heterocycles. The zero-order valence-electron chi connectivity index (χ0n) is 24.1. The Balaban J connectivity index is 1.14. The monoisotopic (exact) mass is 535 g/mol. The van der Waals surface area contributed by atoms with Gasteiger partial charge in [0.05, 0.1) is 13.2 Å². The second kappa shape index (κ2) is 9.24. The molecule has 6 aliphatic rings. The molecular formula is C33H45NO5. The molecule has 212 valence electrons. The summed E-state index contributed by atoms with van der Waals surface area (Å²) in [6, 6.07) is 2.06. The number of rotatable bonds is 4. The molecule has 1 aromatic rings. The standard InChI is InChI=1S/C33H45NO5/c1-32-12-9-21(35)16-20(32)5-6-22-23-7-8-25(33(23,2)13-10-24(22)32)27(36)17-26-29-19(11-14-34(26)3)15-28-30(31(29)37-4)39-18-38-28/h8,15,20-24,26,35H,5-7,9-14,16-18H2,1-4H3/t20-,21+,22-,23-,24-,26-,32-,33-/m0/s1. The highest BCUT2D eigenvalue weighted by Gasteiger charge is 2.59. The van der Waals surface area contributed by atoms with Gasteiger partial charge in [0.25, 0.3) is 0 Å². The molecule has 3 fully saturated rings. The van der Waals surface area contributed by atoms with Crippen LogP contribution in [0.25, 0.3) is 0 Å². The Hall–Kier alpha value is -2.05. The third-order valence-electron chi connectivity index (χ3n) is 12.4. The van der Waals surface area contributed by atoms with Crippen LogP contribution < -0.4 is 14.2 Å². The maximum Gasteiger partial charge on any atom is 0.231 e. The topological polar surface area (TPSA) is 68.2 Å². The van der Waals surface area contributed by atoms with Gasteiger partial charge in [0.1, 0.15) is 0 Å². The first-order chi connectivity index (χ1) is 18.7. The third-order valence-corrected chi connectivity index (χ3v) is 12.4. The first-order valence-electron chi connectivity index (χ1n) is 15.4. The molecule has 1 aromatic carbocycles. The average Bonchev–Trinajstić information content (AvgIpc) is 3.53. The van der Waals surface area contributed by atoms with Crippen LogP contribution in [0.1, 0.15) is 88.8 Å². The molecule has 7 rings (SSSR count). The SMILES string of the molecule is COc1c2c(cc3c1[C@H](CC(=O)C1=CC[C@H]4[C@@H]5CC[C@H]6C[C@H](O)CC[C@]6(C)[C@H]5CC[C@]14C)N(C)CC3)OCO2. The van der Waals surface area contributed by atoms with Crippen LogP contribution >= 0.6 is 0 Å². The van der Waals surface area contributed by atoms with Crippen molar-refractivity contribution in [2.45, 2.75) is 90.2 Å². The van der Waals surface area contributed by atoms with Crippen molar-refractivity contribution in [3.05, 3.63) is 28.8 Å². The molecule has 8 atom stereocenters. The van der Waals surface area contributed by atoms with Crippen LogP contribution in [0.15, 0.2) is 17.7 Å². The predicted octanol–water partition coefficient (Wildman–Crippen LogP) is 5.85. The minimum absolute atomic E-state index is 0.0231. The van der Waals surface area contributed by atoms with Gasteiger partial charge in [0.15, 0.2) is 17.3 Å². The second-order valence-corrected chi connectivity index (χ2v) is 14.0. The number of methoxy groups -OCH3 is 1. The van der Waals surface area contributed by atoms with Gasteiger partial charge < -0.3 is 19.3 Å². The molecule has 1 N–H and O–H groups in total. The highest BCUT2D eigenvalue weighted by molar-refractivity contribution is 5.97. The normalized spacial score (nSPS) is 40.7. The number of nitrogens with zero attached hydrogens (tertiary/aromatic N) is 1. The molecule has 0 spiro atoms. The number of allylic oxidation sites excluding steroid dienone is 2. The van der Waals surface area contributed by atoms with Crippen molar-refractivity contribution in [2.75, 3.05) is 27.5 Å². The van der Waals surface area contributed by atoms with Gasteiger partial charge in [-0.1, -0.05) is 19.9 Å².